The number of amides is 2. The molecule has 1 aliphatic carbocycles. The molecule has 216 valence electrons. The molecule has 1 aliphatic heterocycles. The SMILES string of the molecule is Cc1nc2c(n1-c1ccc(Cl)c(N)c1)C(=O)N(c1ccc(-c3ccccc3CCNC3CCCCC3)cc1)CC(=O)N2. The van der Waals surface area contributed by atoms with Gasteiger partial charge in [-0.2, -0.15) is 0 Å². The first-order valence-corrected chi connectivity index (χ1v) is 14.9. The van der Waals surface area contributed by atoms with E-state index in [0.717, 1.165) is 18.5 Å². The summed E-state index contributed by atoms with van der Waals surface area (Å²) < 4.78 is 1.70. The van der Waals surface area contributed by atoms with Crippen LogP contribution in [0.3, 0.4) is 0 Å². The molecule has 2 amide bonds. The van der Waals surface area contributed by atoms with E-state index in [2.05, 4.69) is 39.9 Å². The number of benzene rings is 3. The molecular weight excluding hydrogens is 548 g/mol. The Kier molecular flexibility index (Phi) is 8.00. The maximum absolute atomic E-state index is 14.0. The highest BCUT2D eigenvalue weighted by atomic mass is 35.5. The molecule has 42 heavy (non-hydrogen) atoms. The van der Waals surface area contributed by atoms with Crippen molar-refractivity contribution in [3.63, 3.8) is 0 Å². The Bertz CT molecular complexity index is 1620. The third-order valence-electron chi connectivity index (χ3n) is 8.23. The number of nitrogens with two attached hydrogens (primary N) is 1. The summed E-state index contributed by atoms with van der Waals surface area (Å²) in [6, 6.07) is 22.1. The summed E-state index contributed by atoms with van der Waals surface area (Å²) in [5, 5.41) is 6.97. The highest BCUT2D eigenvalue weighted by Gasteiger charge is 2.33. The summed E-state index contributed by atoms with van der Waals surface area (Å²) in [5.41, 5.74) is 11.5. The van der Waals surface area contributed by atoms with E-state index in [1.807, 2.05) is 24.3 Å². The van der Waals surface area contributed by atoms with Gasteiger partial charge in [-0.25, -0.2) is 4.98 Å². The number of imidazole rings is 1. The molecule has 0 bridgehead atoms. The van der Waals surface area contributed by atoms with Crippen molar-refractivity contribution in [3.05, 3.63) is 88.8 Å². The minimum Gasteiger partial charge on any atom is -0.397 e. The average Bonchev–Trinajstić information content (AvgIpc) is 3.26. The van der Waals surface area contributed by atoms with Crippen LogP contribution in [0.1, 0.15) is 54.0 Å². The van der Waals surface area contributed by atoms with Crippen LogP contribution in [0, 0.1) is 6.92 Å². The summed E-state index contributed by atoms with van der Waals surface area (Å²) in [6.45, 7) is 2.60. The third-order valence-corrected chi connectivity index (χ3v) is 8.57. The zero-order valence-electron chi connectivity index (χ0n) is 23.7. The largest absolute Gasteiger partial charge is 0.397 e. The molecule has 9 heteroatoms. The minimum absolute atomic E-state index is 0.125. The number of aryl methyl sites for hydroxylation is 1. The van der Waals surface area contributed by atoms with Crippen LogP contribution in [0.2, 0.25) is 5.02 Å². The van der Waals surface area contributed by atoms with E-state index in [1.54, 1.807) is 29.7 Å². The first kappa shape index (κ1) is 28.0. The number of hydrogen-bond donors (Lipinski definition) is 3. The Labute approximate surface area is 250 Å². The van der Waals surface area contributed by atoms with Crippen LogP contribution in [0.4, 0.5) is 17.2 Å². The smallest absolute Gasteiger partial charge is 0.279 e. The lowest BCUT2D eigenvalue weighted by Crippen LogP contribution is -2.36. The Morgan fingerprint density at radius 2 is 1.74 bits per heavy atom. The highest BCUT2D eigenvalue weighted by Crippen LogP contribution is 2.32. The Hall–Kier alpha value is -4.14. The van der Waals surface area contributed by atoms with E-state index in [4.69, 9.17) is 17.3 Å². The van der Waals surface area contributed by atoms with Gasteiger partial charge in [0.1, 0.15) is 12.4 Å². The molecule has 1 fully saturated rings. The molecule has 0 atom stereocenters. The van der Waals surface area contributed by atoms with Crippen molar-refractivity contribution in [2.24, 2.45) is 0 Å². The normalized spacial score (nSPS) is 15.8. The number of rotatable bonds is 7. The highest BCUT2D eigenvalue weighted by molar-refractivity contribution is 6.33. The predicted octanol–water partition coefficient (Wildman–Crippen LogP) is 6.15. The van der Waals surface area contributed by atoms with Crippen LogP contribution in [-0.2, 0) is 11.2 Å². The van der Waals surface area contributed by atoms with E-state index in [0.29, 0.717) is 34.0 Å². The number of fused-ring (bicyclic) bond motifs is 1. The van der Waals surface area contributed by atoms with Gasteiger partial charge in [-0.1, -0.05) is 67.3 Å². The monoisotopic (exact) mass is 582 g/mol. The van der Waals surface area contributed by atoms with Crippen LogP contribution in [-0.4, -0.2) is 40.5 Å². The van der Waals surface area contributed by atoms with Gasteiger partial charge in [-0.3, -0.25) is 19.1 Å². The Morgan fingerprint density at radius 3 is 2.50 bits per heavy atom. The lowest BCUT2D eigenvalue weighted by molar-refractivity contribution is -0.114. The lowest BCUT2D eigenvalue weighted by atomic mass is 9.94. The van der Waals surface area contributed by atoms with E-state index in [1.165, 1.54) is 48.1 Å². The van der Waals surface area contributed by atoms with Gasteiger partial charge >= 0.3 is 0 Å². The molecule has 0 radical (unpaired) electrons. The molecule has 0 unspecified atom stereocenters. The van der Waals surface area contributed by atoms with Gasteiger partial charge in [0.25, 0.3) is 5.91 Å². The molecule has 4 aromatic rings. The molecular formula is C33H35ClN6O2. The number of hydrogen-bond acceptors (Lipinski definition) is 5. The molecule has 4 N–H and O–H groups in total. The second-order valence-electron chi connectivity index (χ2n) is 11.1. The molecule has 8 nitrogen and oxygen atoms in total. The minimum atomic E-state index is -0.334. The lowest BCUT2D eigenvalue weighted by Gasteiger charge is -2.23. The second-order valence-corrected chi connectivity index (χ2v) is 11.5. The number of aromatic nitrogens is 2. The quantitative estimate of drug-likeness (QED) is 0.227. The topological polar surface area (TPSA) is 105 Å². The maximum Gasteiger partial charge on any atom is 0.279 e. The molecule has 1 aromatic heterocycles. The average molecular weight is 583 g/mol. The molecule has 1 saturated carbocycles. The van der Waals surface area contributed by atoms with E-state index in [-0.39, 0.29) is 29.9 Å². The summed E-state index contributed by atoms with van der Waals surface area (Å²) in [4.78, 5) is 32.9. The zero-order chi connectivity index (χ0) is 29.2. The van der Waals surface area contributed by atoms with Gasteiger partial charge < -0.3 is 16.4 Å². The predicted molar refractivity (Wildman–Crippen MR) is 168 cm³/mol. The fraction of sp³-hybridized carbons (Fsp3) is 0.303. The Morgan fingerprint density at radius 1 is 1.00 bits per heavy atom. The van der Waals surface area contributed by atoms with Gasteiger partial charge in [-0.15, -0.1) is 0 Å². The second kappa shape index (κ2) is 12.0. The van der Waals surface area contributed by atoms with Gasteiger partial charge in [0, 0.05) is 17.4 Å². The summed E-state index contributed by atoms with van der Waals surface area (Å²) in [5.74, 6) is 0.120. The molecule has 3 aromatic carbocycles. The first-order chi connectivity index (χ1) is 20.4. The van der Waals surface area contributed by atoms with Crippen molar-refractivity contribution in [2.45, 2.75) is 51.5 Å². The number of halogens is 1. The first-order valence-electron chi connectivity index (χ1n) is 14.6. The van der Waals surface area contributed by atoms with Crippen LogP contribution in [0.5, 0.6) is 0 Å². The van der Waals surface area contributed by atoms with Crippen molar-refractivity contribution < 1.29 is 9.59 Å². The van der Waals surface area contributed by atoms with Crippen molar-refractivity contribution in [1.82, 2.24) is 14.9 Å². The van der Waals surface area contributed by atoms with Gasteiger partial charge in [0.15, 0.2) is 11.5 Å². The Balaban J connectivity index is 1.26. The van der Waals surface area contributed by atoms with E-state index < -0.39 is 0 Å². The van der Waals surface area contributed by atoms with Gasteiger partial charge in [0.2, 0.25) is 5.91 Å². The van der Waals surface area contributed by atoms with Crippen molar-refractivity contribution in [3.8, 4) is 16.8 Å². The van der Waals surface area contributed by atoms with Crippen LogP contribution in [0.25, 0.3) is 16.8 Å². The summed E-state index contributed by atoms with van der Waals surface area (Å²) in [7, 11) is 0. The van der Waals surface area contributed by atoms with Crippen molar-refractivity contribution >= 4 is 40.6 Å². The molecule has 6 rings (SSSR count). The van der Waals surface area contributed by atoms with Crippen LogP contribution >= 0.6 is 11.6 Å². The van der Waals surface area contributed by atoms with Crippen LogP contribution in [0.15, 0.2) is 66.7 Å². The number of carbonyl (C=O) groups excluding carboxylic acids is 2. The van der Waals surface area contributed by atoms with Gasteiger partial charge in [-0.05, 0) is 79.8 Å². The van der Waals surface area contributed by atoms with E-state index in [9.17, 15) is 9.59 Å². The number of anilines is 3. The molecule has 2 aliphatic rings. The molecule has 0 saturated heterocycles. The molecule has 0 spiro atoms. The standard InChI is InChI=1S/C33H35ClN6O2/c1-21-37-32-31(40(21)26-15-16-28(34)29(35)19-26)33(42)39(20-30(41)38-32)25-13-11-23(12-14-25)27-10-6-5-7-22(27)17-18-36-24-8-3-2-4-9-24/h5-7,10-16,19,24,36H,2-4,8-9,17-18,20,35H2,1H3,(H,38,41). The number of nitrogen functional groups attached to an aromatic ring is 1. The van der Waals surface area contributed by atoms with Gasteiger partial charge in [0.05, 0.1) is 10.7 Å². The summed E-state index contributed by atoms with van der Waals surface area (Å²) >= 11 is 6.14. The molecule has 2 heterocycles. The maximum atomic E-state index is 14.0. The van der Waals surface area contributed by atoms with E-state index >= 15 is 0 Å². The number of nitrogens with one attached hydrogen (secondary N) is 2. The fourth-order valence-corrected chi connectivity index (χ4v) is 6.20. The fourth-order valence-electron chi connectivity index (χ4n) is 6.08. The van der Waals surface area contributed by atoms with Crippen molar-refractivity contribution in [1.29, 1.82) is 0 Å². The zero-order valence-corrected chi connectivity index (χ0v) is 24.5. The third kappa shape index (κ3) is 5.65. The number of carbonyl (C=O) groups is 2. The number of nitrogens with zero attached hydrogens (tertiary/aromatic N) is 3. The van der Waals surface area contributed by atoms with Crippen molar-refractivity contribution in [2.75, 3.05) is 29.0 Å². The van der Waals surface area contributed by atoms with Crippen LogP contribution < -0.4 is 21.3 Å². The summed E-state index contributed by atoms with van der Waals surface area (Å²) in [6.07, 6.45) is 7.48.